The van der Waals surface area contributed by atoms with Crippen molar-refractivity contribution in [2.75, 3.05) is 21.2 Å². The summed E-state index contributed by atoms with van der Waals surface area (Å²) < 4.78 is 5.36. The molecule has 1 saturated carbocycles. The van der Waals surface area contributed by atoms with Crippen LogP contribution in [0.1, 0.15) is 24.0 Å². The Balaban J connectivity index is 2.35. The van der Waals surface area contributed by atoms with E-state index in [4.69, 9.17) is 4.74 Å². The third-order valence-electron chi connectivity index (χ3n) is 3.28. The average molecular weight is 230 g/mol. The second-order valence-corrected chi connectivity index (χ2v) is 4.96. The minimum atomic E-state index is -0.215. The summed E-state index contributed by atoms with van der Waals surface area (Å²) in [5.74, 6) is 0.899. The minimum Gasteiger partial charge on any atom is -0.496 e. The third kappa shape index (κ3) is 2.27. The fourth-order valence-corrected chi connectivity index (χ4v) is 2.13. The summed E-state index contributed by atoms with van der Waals surface area (Å²) >= 11 is 0. The van der Waals surface area contributed by atoms with E-state index >= 15 is 0 Å². The molecule has 17 heavy (non-hydrogen) atoms. The molecule has 0 bridgehead atoms. The Morgan fingerprint density at radius 1 is 1.41 bits per heavy atom. The normalized spacial score (nSPS) is 16.6. The molecule has 1 aromatic rings. The van der Waals surface area contributed by atoms with Crippen LogP contribution in [0.3, 0.4) is 0 Å². The number of rotatable bonds is 4. The van der Waals surface area contributed by atoms with Gasteiger partial charge in [0.2, 0.25) is 0 Å². The SMILES string of the molecule is COc1ccc(C2(C#N)CC2)cc1CN(C)C. The predicted molar refractivity (Wildman–Crippen MR) is 66.9 cm³/mol. The van der Waals surface area contributed by atoms with E-state index in [9.17, 15) is 5.26 Å². The molecule has 3 nitrogen and oxygen atoms in total. The maximum absolute atomic E-state index is 9.22. The molecule has 1 aliphatic carbocycles. The number of hydrogen-bond donors (Lipinski definition) is 0. The van der Waals surface area contributed by atoms with Crippen molar-refractivity contribution in [2.45, 2.75) is 24.8 Å². The lowest BCUT2D eigenvalue weighted by molar-refractivity contribution is 0.371. The highest BCUT2D eigenvalue weighted by atomic mass is 16.5. The van der Waals surface area contributed by atoms with E-state index in [1.807, 2.05) is 26.2 Å². The van der Waals surface area contributed by atoms with Gasteiger partial charge in [0.25, 0.3) is 0 Å². The van der Waals surface area contributed by atoms with Crippen LogP contribution in [0.5, 0.6) is 5.75 Å². The third-order valence-corrected chi connectivity index (χ3v) is 3.28. The van der Waals surface area contributed by atoms with E-state index in [1.54, 1.807) is 7.11 Å². The fourth-order valence-electron chi connectivity index (χ4n) is 2.13. The first-order valence-corrected chi connectivity index (χ1v) is 5.85. The number of nitrogens with zero attached hydrogens (tertiary/aromatic N) is 2. The molecule has 0 saturated heterocycles. The summed E-state index contributed by atoms with van der Waals surface area (Å²) in [7, 11) is 5.75. The largest absolute Gasteiger partial charge is 0.496 e. The maximum Gasteiger partial charge on any atom is 0.123 e. The Kier molecular flexibility index (Phi) is 3.08. The molecular weight excluding hydrogens is 212 g/mol. The summed E-state index contributed by atoms with van der Waals surface area (Å²) in [6.07, 6.45) is 1.97. The number of methoxy groups -OCH3 is 1. The lowest BCUT2D eigenvalue weighted by Crippen LogP contribution is -2.13. The molecule has 0 atom stereocenters. The molecule has 3 heteroatoms. The number of nitriles is 1. The molecule has 1 fully saturated rings. The standard InChI is InChI=1S/C14H18N2O/c1-16(2)9-11-8-12(4-5-13(11)17-3)14(10-15)6-7-14/h4-5,8H,6-7,9H2,1-3H3. The zero-order valence-electron chi connectivity index (χ0n) is 10.7. The summed E-state index contributed by atoms with van der Waals surface area (Å²) in [4.78, 5) is 2.10. The first kappa shape index (κ1) is 11.9. The first-order valence-electron chi connectivity index (χ1n) is 5.85. The van der Waals surface area contributed by atoms with E-state index in [0.29, 0.717) is 0 Å². The summed E-state index contributed by atoms with van der Waals surface area (Å²) in [5.41, 5.74) is 2.07. The van der Waals surface area contributed by atoms with Gasteiger partial charge in [0.1, 0.15) is 5.75 Å². The predicted octanol–water partition coefficient (Wildman–Crippen LogP) is 2.31. The number of benzene rings is 1. The molecule has 0 amide bonds. The van der Waals surface area contributed by atoms with E-state index < -0.39 is 0 Å². The zero-order chi connectivity index (χ0) is 12.5. The summed E-state index contributed by atoms with van der Waals surface area (Å²) in [6, 6.07) is 8.55. The topological polar surface area (TPSA) is 36.3 Å². The van der Waals surface area contributed by atoms with Crippen LogP contribution in [0.2, 0.25) is 0 Å². The molecule has 0 heterocycles. The van der Waals surface area contributed by atoms with Gasteiger partial charge >= 0.3 is 0 Å². The van der Waals surface area contributed by atoms with Gasteiger partial charge < -0.3 is 9.64 Å². The molecule has 1 aliphatic rings. The Labute approximate surface area is 103 Å². The zero-order valence-corrected chi connectivity index (χ0v) is 10.7. The van der Waals surface area contributed by atoms with Crippen molar-refractivity contribution in [2.24, 2.45) is 0 Å². The van der Waals surface area contributed by atoms with Crippen molar-refractivity contribution in [3.05, 3.63) is 29.3 Å². The molecule has 1 aromatic carbocycles. The average Bonchev–Trinajstić information content (AvgIpc) is 3.09. The van der Waals surface area contributed by atoms with Gasteiger partial charge in [-0.2, -0.15) is 5.26 Å². The van der Waals surface area contributed by atoms with Gasteiger partial charge in [-0.05, 0) is 44.6 Å². The molecule has 0 unspecified atom stereocenters. The highest BCUT2D eigenvalue weighted by Gasteiger charge is 2.45. The van der Waals surface area contributed by atoms with Gasteiger partial charge in [-0.25, -0.2) is 0 Å². The Bertz CT molecular complexity index is 456. The summed E-state index contributed by atoms with van der Waals surface area (Å²) in [5, 5.41) is 9.22. The van der Waals surface area contributed by atoms with E-state index in [2.05, 4.69) is 17.0 Å². The van der Waals surface area contributed by atoms with Gasteiger partial charge in [-0.1, -0.05) is 6.07 Å². The van der Waals surface area contributed by atoms with Crippen LogP contribution in [0.15, 0.2) is 18.2 Å². The minimum absolute atomic E-state index is 0.215. The van der Waals surface area contributed by atoms with Crippen LogP contribution >= 0.6 is 0 Å². The highest BCUT2D eigenvalue weighted by Crippen LogP contribution is 2.48. The van der Waals surface area contributed by atoms with Crippen LogP contribution in [0.4, 0.5) is 0 Å². The Morgan fingerprint density at radius 2 is 2.12 bits per heavy atom. The van der Waals surface area contributed by atoms with Crippen LogP contribution in [-0.4, -0.2) is 26.1 Å². The fraction of sp³-hybridized carbons (Fsp3) is 0.500. The van der Waals surface area contributed by atoms with Gasteiger partial charge in [0, 0.05) is 12.1 Å². The lowest BCUT2D eigenvalue weighted by atomic mass is 9.95. The molecular formula is C14H18N2O. The lowest BCUT2D eigenvalue weighted by Gasteiger charge is -2.16. The first-order chi connectivity index (χ1) is 8.11. The van der Waals surface area contributed by atoms with Crippen molar-refractivity contribution in [1.82, 2.24) is 4.90 Å². The Hall–Kier alpha value is -1.53. The molecule has 2 rings (SSSR count). The Morgan fingerprint density at radius 3 is 2.59 bits per heavy atom. The van der Waals surface area contributed by atoms with Gasteiger partial charge in [-0.3, -0.25) is 0 Å². The second-order valence-electron chi connectivity index (χ2n) is 4.96. The van der Waals surface area contributed by atoms with Crippen LogP contribution < -0.4 is 4.74 Å². The maximum atomic E-state index is 9.22. The molecule has 90 valence electrons. The quantitative estimate of drug-likeness (QED) is 0.796. The van der Waals surface area contributed by atoms with E-state index in [1.165, 1.54) is 0 Å². The number of hydrogen-bond acceptors (Lipinski definition) is 3. The molecule has 0 spiro atoms. The molecule has 0 radical (unpaired) electrons. The van der Waals surface area contributed by atoms with Crippen LogP contribution in [0.25, 0.3) is 0 Å². The monoisotopic (exact) mass is 230 g/mol. The highest BCUT2D eigenvalue weighted by molar-refractivity contribution is 5.45. The van der Waals surface area contributed by atoms with Gasteiger partial charge in [-0.15, -0.1) is 0 Å². The summed E-state index contributed by atoms with van der Waals surface area (Å²) in [6.45, 7) is 0.832. The van der Waals surface area contributed by atoms with E-state index in [0.717, 1.165) is 36.3 Å². The number of ether oxygens (including phenoxy) is 1. The van der Waals surface area contributed by atoms with Crippen molar-refractivity contribution < 1.29 is 4.74 Å². The van der Waals surface area contributed by atoms with Crippen LogP contribution in [-0.2, 0) is 12.0 Å². The van der Waals surface area contributed by atoms with Gasteiger partial charge in [0.05, 0.1) is 18.6 Å². The van der Waals surface area contributed by atoms with Gasteiger partial charge in [0.15, 0.2) is 0 Å². The van der Waals surface area contributed by atoms with Crippen molar-refractivity contribution in [3.63, 3.8) is 0 Å². The smallest absolute Gasteiger partial charge is 0.123 e. The molecule has 0 N–H and O–H groups in total. The second kappa shape index (κ2) is 4.38. The van der Waals surface area contributed by atoms with E-state index in [-0.39, 0.29) is 5.41 Å². The van der Waals surface area contributed by atoms with Crippen LogP contribution in [0, 0.1) is 11.3 Å². The molecule has 0 aliphatic heterocycles. The van der Waals surface area contributed by atoms with Crippen molar-refractivity contribution >= 4 is 0 Å². The van der Waals surface area contributed by atoms with Crippen molar-refractivity contribution in [1.29, 1.82) is 5.26 Å². The van der Waals surface area contributed by atoms with Crippen molar-refractivity contribution in [3.8, 4) is 11.8 Å². The molecule has 0 aromatic heterocycles.